The fraction of sp³-hybridized carbons (Fsp3) is 0.333. The Balaban J connectivity index is 2.64. The van der Waals surface area contributed by atoms with Gasteiger partial charge in [-0.1, -0.05) is 33.2 Å². The smallest absolute Gasteiger partial charge is 0.233 e. The van der Waals surface area contributed by atoms with Gasteiger partial charge in [0.25, 0.3) is 0 Å². The molecule has 0 aliphatic rings. The van der Waals surface area contributed by atoms with Gasteiger partial charge >= 0.3 is 0 Å². The van der Waals surface area contributed by atoms with E-state index in [-0.39, 0.29) is 11.7 Å². The number of benzene rings is 1. The van der Waals surface area contributed by atoms with E-state index in [9.17, 15) is 4.79 Å². The number of nitrogens with two attached hydrogens (primary N) is 1. The average Bonchev–Trinajstić information content (AvgIpc) is 2.36. The van der Waals surface area contributed by atoms with Gasteiger partial charge in [0.15, 0.2) is 5.84 Å². The van der Waals surface area contributed by atoms with E-state index in [4.69, 9.17) is 10.9 Å². The molecule has 1 aromatic rings. The van der Waals surface area contributed by atoms with Crippen molar-refractivity contribution in [2.45, 2.75) is 20.4 Å². The second-order valence-corrected chi connectivity index (χ2v) is 5.34. The van der Waals surface area contributed by atoms with Gasteiger partial charge in [0.05, 0.1) is 0 Å². The molecule has 0 aliphatic heterocycles. The molecule has 0 saturated heterocycles. The molecule has 5 nitrogen and oxygen atoms in total. The third kappa shape index (κ3) is 3.46. The summed E-state index contributed by atoms with van der Waals surface area (Å²) in [6.45, 7) is 3.59. The van der Waals surface area contributed by atoms with E-state index in [0.29, 0.717) is 6.54 Å². The fourth-order valence-corrected chi connectivity index (χ4v) is 1.51. The summed E-state index contributed by atoms with van der Waals surface area (Å²) in [5, 5.41) is 14.2. The number of nitrogens with zero attached hydrogens (tertiary/aromatic N) is 1. The predicted octanol–water partition coefficient (Wildman–Crippen LogP) is 1.84. The number of hydrogen-bond acceptors (Lipinski definition) is 3. The van der Waals surface area contributed by atoms with Crippen molar-refractivity contribution in [3.05, 3.63) is 34.3 Å². The van der Waals surface area contributed by atoms with E-state index in [1.165, 1.54) is 0 Å². The van der Waals surface area contributed by atoms with Crippen LogP contribution in [0.5, 0.6) is 0 Å². The van der Waals surface area contributed by atoms with Gasteiger partial charge in [-0.2, -0.15) is 0 Å². The molecule has 6 heteroatoms. The molecule has 0 spiro atoms. The van der Waals surface area contributed by atoms with Crippen LogP contribution in [0.1, 0.15) is 19.4 Å². The van der Waals surface area contributed by atoms with Crippen molar-refractivity contribution in [3.63, 3.8) is 0 Å². The molecule has 0 fully saturated rings. The topological polar surface area (TPSA) is 87.7 Å². The fourth-order valence-electron chi connectivity index (χ4n) is 1.25. The number of hydrogen-bond donors (Lipinski definition) is 3. The number of carbonyl (C=O) groups excluding carboxylic acids is 1. The van der Waals surface area contributed by atoms with Gasteiger partial charge in [-0.25, -0.2) is 0 Å². The summed E-state index contributed by atoms with van der Waals surface area (Å²) in [6, 6.07) is 7.61. The summed E-state index contributed by atoms with van der Waals surface area (Å²) in [4.78, 5) is 11.9. The van der Waals surface area contributed by atoms with Gasteiger partial charge < -0.3 is 16.3 Å². The summed E-state index contributed by atoms with van der Waals surface area (Å²) in [5.74, 6) is -0.406. The van der Waals surface area contributed by atoms with Gasteiger partial charge in [0.1, 0.15) is 5.41 Å². The van der Waals surface area contributed by atoms with E-state index in [2.05, 4.69) is 26.4 Å². The summed E-state index contributed by atoms with van der Waals surface area (Å²) in [7, 11) is 0. The van der Waals surface area contributed by atoms with Gasteiger partial charge in [0.2, 0.25) is 5.91 Å². The van der Waals surface area contributed by atoms with Crippen LogP contribution in [0.2, 0.25) is 0 Å². The highest BCUT2D eigenvalue weighted by Gasteiger charge is 2.32. The molecule has 4 N–H and O–H groups in total. The standard InChI is InChI=1S/C12H16BrN3O2/c1-12(2,10(14)16-18)11(17)15-7-8-3-5-9(13)6-4-8/h3-6,18H,7H2,1-2H3,(H2,14,16)(H,15,17). The van der Waals surface area contributed by atoms with Crippen LogP contribution in [-0.4, -0.2) is 17.0 Å². The number of nitrogens with one attached hydrogen (secondary N) is 1. The second-order valence-electron chi connectivity index (χ2n) is 4.42. The first-order chi connectivity index (χ1) is 8.37. The number of amides is 1. The first-order valence-electron chi connectivity index (χ1n) is 5.38. The highest BCUT2D eigenvalue weighted by atomic mass is 79.9. The minimum Gasteiger partial charge on any atom is -0.409 e. The second kappa shape index (κ2) is 5.86. The SMILES string of the molecule is CC(C)(C(=O)NCc1ccc(Br)cc1)C(N)=NO. The van der Waals surface area contributed by atoms with Crippen molar-refractivity contribution in [1.29, 1.82) is 0 Å². The molecule has 0 atom stereocenters. The highest BCUT2D eigenvalue weighted by molar-refractivity contribution is 9.10. The van der Waals surface area contributed by atoms with E-state index in [0.717, 1.165) is 10.0 Å². The number of carbonyl (C=O) groups is 1. The third-order valence-electron chi connectivity index (χ3n) is 2.68. The lowest BCUT2D eigenvalue weighted by Gasteiger charge is -2.21. The van der Waals surface area contributed by atoms with Crippen LogP contribution in [0.3, 0.4) is 0 Å². The Morgan fingerprint density at radius 1 is 1.44 bits per heavy atom. The van der Waals surface area contributed by atoms with Crippen LogP contribution in [-0.2, 0) is 11.3 Å². The highest BCUT2D eigenvalue weighted by Crippen LogP contribution is 2.16. The zero-order valence-electron chi connectivity index (χ0n) is 10.3. The van der Waals surface area contributed by atoms with Crippen LogP contribution in [0, 0.1) is 5.41 Å². The van der Waals surface area contributed by atoms with Crippen molar-refractivity contribution >= 4 is 27.7 Å². The Labute approximate surface area is 114 Å². The van der Waals surface area contributed by atoms with Gasteiger partial charge in [-0.3, -0.25) is 4.79 Å². The largest absolute Gasteiger partial charge is 0.409 e. The Hall–Kier alpha value is -1.56. The van der Waals surface area contributed by atoms with Gasteiger partial charge in [0, 0.05) is 11.0 Å². The number of halogens is 1. The Morgan fingerprint density at radius 2 is 2.00 bits per heavy atom. The molecular formula is C12H16BrN3O2. The molecule has 0 aliphatic carbocycles. The maximum absolute atomic E-state index is 11.9. The van der Waals surface area contributed by atoms with Crippen LogP contribution >= 0.6 is 15.9 Å². The zero-order chi connectivity index (χ0) is 13.8. The van der Waals surface area contributed by atoms with Crippen LogP contribution in [0.25, 0.3) is 0 Å². The van der Waals surface area contributed by atoms with Gasteiger partial charge in [-0.05, 0) is 31.5 Å². The van der Waals surface area contributed by atoms with E-state index in [1.807, 2.05) is 24.3 Å². The molecule has 0 radical (unpaired) electrons. The zero-order valence-corrected chi connectivity index (χ0v) is 11.9. The minimum absolute atomic E-state index is 0.115. The molecular weight excluding hydrogens is 298 g/mol. The first kappa shape index (κ1) is 14.5. The maximum Gasteiger partial charge on any atom is 0.233 e. The lowest BCUT2D eigenvalue weighted by molar-refractivity contribution is -0.126. The van der Waals surface area contributed by atoms with Crippen LogP contribution < -0.4 is 11.1 Å². The van der Waals surface area contributed by atoms with Crippen LogP contribution in [0.4, 0.5) is 0 Å². The predicted molar refractivity (Wildman–Crippen MR) is 73.2 cm³/mol. The number of amidine groups is 1. The Morgan fingerprint density at radius 3 is 2.50 bits per heavy atom. The Bertz CT molecular complexity index is 455. The Kier molecular flexibility index (Phi) is 4.72. The summed E-state index contributed by atoms with van der Waals surface area (Å²) >= 11 is 3.34. The molecule has 0 bridgehead atoms. The van der Waals surface area contributed by atoms with E-state index in [1.54, 1.807) is 13.8 Å². The van der Waals surface area contributed by atoms with Crippen molar-refractivity contribution in [2.75, 3.05) is 0 Å². The molecule has 1 aromatic carbocycles. The quantitative estimate of drug-likeness (QED) is 0.343. The molecule has 0 aromatic heterocycles. The molecule has 0 saturated carbocycles. The lowest BCUT2D eigenvalue weighted by Crippen LogP contribution is -2.45. The summed E-state index contributed by atoms with van der Waals surface area (Å²) in [5.41, 5.74) is 5.41. The molecule has 18 heavy (non-hydrogen) atoms. The van der Waals surface area contributed by atoms with E-state index >= 15 is 0 Å². The van der Waals surface area contributed by atoms with Crippen LogP contribution in [0.15, 0.2) is 33.9 Å². The van der Waals surface area contributed by atoms with Crippen molar-refractivity contribution in [1.82, 2.24) is 5.32 Å². The molecule has 98 valence electrons. The molecule has 0 unspecified atom stereocenters. The van der Waals surface area contributed by atoms with Crippen molar-refractivity contribution < 1.29 is 10.0 Å². The minimum atomic E-state index is -1.04. The van der Waals surface area contributed by atoms with Gasteiger partial charge in [-0.15, -0.1) is 0 Å². The maximum atomic E-state index is 11.9. The monoisotopic (exact) mass is 313 g/mol. The summed E-state index contributed by atoms with van der Waals surface area (Å²) in [6.07, 6.45) is 0. The van der Waals surface area contributed by atoms with Crippen molar-refractivity contribution in [2.24, 2.45) is 16.3 Å². The first-order valence-corrected chi connectivity index (χ1v) is 6.18. The normalized spacial score (nSPS) is 12.3. The molecule has 0 heterocycles. The lowest BCUT2D eigenvalue weighted by atomic mass is 9.91. The average molecular weight is 314 g/mol. The molecule has 1 rings (SSSR count). The number of oxime groups is 1. The van der Waals surface area contributed by atoms with E-state index < -0.39 is 5.41 Å². The third-order valence-corrected chi connectivity index (χ3v) is 3.21. The van der Waals surface area contributed by atoms with Crippen molar-refractivity contribution in [3.8, 4) is 0 Å². The summed E-state index contributed by atoms with van der Waals surface area (Å²) < 4.78 is 0.981. The molecule has 1 amide bonds. The number of rotatable bonds is 4.